The minimum Gasteiger partial charge on any atom is -0.292 e. The molecule has 0 bridgehead atoms. The van der Waals surface area contributed by atoms with Crippen molar-refractivity contribution in [2.45, 2.75) is 17.9 Å². The molecule has 26 heavy (non-hydrogen) atoms. The van der Waals surface area contributed by atoms with E-state index in [-0.39, 0.29) is 10.7 Å². The molecule has 3 aromatic carbocycles. The van der Waals surface area contributed by atoms with E-state index < -0.39 is 16.1 Å². The number of sulfonamides is 1. The van der Waals surface area contributed by atoms with Gasteiger partial charge in [-0.1, -0.05) is 78.4 Å². The first-order valence-electron chi connectivity index (χ1n) is 8.20. The minimum absolute atomic E-state index is 0.130. The molecule has 0 saturated carbocycles. The van der Waals surface area contributed by atoms with Gasteiger partial charge >= 0.3 is 0 Å². The molecule has 0 amide bonds. The van der Waals surface area contributed by atoms with Crippen molar-refractivity contribution in [3.05, 3.63) is 102 Å². The number of benzene rings is 3. The molecule has 1 N–H and O–H groups in total. The number of hydrogen-bond donors (Lipinski definition) is 1. The quantitative estimate of drug-likeness (QED) is 0.674. The summed E-state index contributed by atoms with van der Waals surface area (Å²) in [5, 5.41) is 0. The first kappa shape index (κ1) is 18.0. The van der Waals surface area contributed by atoms with Crippen molar-refractivity contribution >= 4 is 15.8 Å². The van der Waals surface area contributed by atoms with Gasteiger partial charge in [0.05, 0.1) is 4.90 Å². The first-order chi connectivity index (χ1) is 12.5. The van der Waals surface area contributed by atoms with Crippen molar-refractivity contribution in [1.82, 2.24) is 4.72 Å². The van der Waals surface area contributed by atoms with Crippen LogP contribution in [0.5, 0.6) is 0 Å². The number of aryl methyl sites for hydroxylation is 1. The number of Topliss-reactive ketones (excluding diaryl/α,β-unsaturated/α-hetero) is 1. The third-order valence-electron chi connectivity index (χ3n) is 4.06. The molecule has 132 valence electrons. The van der Waals surface area contributed by atoms with E-state index in [4.69, 9.17) is 0 Å². The summed E-state index contributed by atoms with van der Waals surface area (Å²) in [4.78, 5) is 13.1. The highest BCUT2D eigenvalue weighted by Gasteiger charge is 2.27. The summed E-state index contributed by atoms with van der Waals surface area (Å²) >= 11 is 0. The fraction of sp³-hybridized carbons (Fsp3) is 0.0952. The third-order valence-corrected chi connectivity index (χ3v) is 5.50. The van der Waals surface area contributed by atoms with Crippen LogP contribution in [-0.2, 0) is 10.0 Å². The zero-order valence-corrected chi connectivity index (χ0v) is 15.1. The maximum Gasteiger partial charge on any atom is 0.241 e. The van der Waals surface area contributed by atoms with E-state index in [0.29, 0.717) is 11.1 Å². The van der Waals surface area contributed by atoms with Crippen LogP contribution in [0.1, 0.15) is 27.5 Å². The number of carbonyl (C=O) groups excluding carboxylic acids is 1. The van der Waals surface area contributed by atoms with E-state index in [1.165, 1.54) is 12.1 Å². The Morgan fingerprint density at radius 2 is 1.35 bits per heavy atom. The summed E-state index contributed by atoms with van der Waals surface area (Å²) in [6, 6.07) is 23.1. The summed E-state index contributed by atoms with van der Waals surface area (Å²) in [5.74, 6) is -0.299. The van der Waals surface area contributed by atoms with Crippen molar-refractivity contribution in [2.24, 2.45) is 0 Å². The Bertz CT molecular complexity index is 982. The summed E-state index contributed by atoms with van der Waals surface area (Å²) in [6.45, 7) is 1.88. The molecular weight excluding hydrogens is 346 g/mol. The summed E-state index contributed by atoms with van der Waals surface area (Å²) < 4.78 is 28.2. The molecule has 0 aliphatic carbocycles. The maximum absolute atomic E-state index is 13.0. The molecule has 3 aromatic rings. The Morgan fingerprint density at radius 3 is 1.92 bits per heavy atom. The van der Waals surface area contributed by atoms with Gasteiger partial charge in [0.2, 0.25) is 10.0 Å². The summed E-state index contributed by atoms with van der Waals surface area (Å²) in [7, 11) is -3.85. The zero-order valence-electron chi connectivity index (χ0n) is 14.3. The van der Waals surface area contributed by atoms with Crippen molar-refractivity contribution < 1.29 is 13.2 Å². The normalized spacial score (nSPS) is 12.5. The van der Waals surface area contributed by atoms with Gasteiger partial charge in [-0.3, -0.25) is 4.79 Å². The Hall–Kier alpha value is -2.76. The largest absolute Gasteiger partial charge is 0.292 e. The second-order valence-corrected chi connectivity index (χ2v) is 7.72. The molecule has 5 heteroatoms. The highest BCUT2D eigenvalue weighted by atomic mass is 32.2. The van der Waals surface area contributed by atoms with Gasteiger partial charge in [-0.25, -0.2) is 8.42 Å². The van der Waals surface area contributed by atoms with Crippen LogP contribution in [0.15, 0.2) is 89.8 Å². The molecule has 0 aliphatic heterocycles. The van der Waals surface area contributed by atoms with E-state index in [9.17, 15) is 13.2 Å². The highest BCUT2D eigenvalue weighted by molar-refractivity contribution is 7.89. The van der Waals surface area contributed by atoms with Gasteiger partial charge in [0.25, 0.3) is 0 Å². The molecule has 1 atom stereocenters. The fourth-order valence-corrected chi connectivity index (χ4v) is 3.81. The van der Waals surface area contributed by atoms with Crippen LogP contribution in [0.4, 0.5) is 0 Å². The zero-order chi connectivity index (χ0) is 18.6. The topological polar surface area (TPSA) is 63.2 Å². The van der Waals surface area contributed by atoms with Crippen molar-refractivity contribution in [3.8, 4) is 0 Å². The predicted octanol–water partition coefficient (Wildman–Crippen LogP) is 3.90. The summed E-state index contributed by atoms with van der Waals surface area (Å²) in [6.07, 6.45) is 0. The van der Waals surface area contributed by atoms with Crippen LogP contribution in [0.25, 0.3) is 0 Å². The van der Waals surface area contributed by atoms with Crippen LogP contribution in [0.3, 0.4) is 0 Å². The Balaban J connectivity index is 1.99. The van der Waals surface area contributed by atoms with E-state index >= 15 is 0 Å². The Kier molecular flexibility index (Phi) is 5.30. The van der Waals surface area contributed by atoms with Crippen LogP contribution >= 0.6 is 0 Å². The third kappa shape index (κ3) is 4.07. The molecular formula is C21H19NO3S. The minimum atomic E-state index is -3.85. The van der Waals surface area contributed by atoms with Gasteiger partial charge in [-0.15, -0.1) is 0 Å². The molecule has 0 fully saturated rings. The van der Waals surface area contributed by atoms with Crippen LogP contribution in [0, 0.1) is 6.92 Å². The van der Waals surface area contributed by atoms with E-state index in [2.05, 4.69) is 4.72 Å². The predicted molar refractivity (Wildman–Crippen MR) is 101 cm³/mol. The number of ketones is 1. The van der Waals surface area contributed by atoms with Crippen LogP contribution in [-0.4, -0.2) is 14.2 Å². The lowest BCUT2D eigenvalue weighted by atomic mass is 9.98. The lowest BCUT2D eigenvalue weighted by Crippen LogP contribution is -2.34. The standard InChI is InChI=1S/C21H19NO3S/c1-16-12-14-19(15-13-16)26(24,25)22-20(17-8-4-2-5-9-17)21(23)18-10-6-3-7-11-18/h2-15,20,22H,1H3. The van der Waals surface area contributed by atoms with E-state index in [0.717, 1.165) is 5.56 Å². The second-order valence-electron chi connectivity index (χ2n) is 6.01. The SMILES string of the molecule is Cc1ccc(S(=O)(=O)NC(C(=O)c2ccccc2)c2ccccc2)cc1. The molecule has 1 unspecified atom stereocenters. The molecule has 0 spiro atoms. The van der Waals surface area contributed by atoms with Crippen LogP contribution < -0.4 is 4.72 Å². The molecule has 0 aromatic heterocycles. The maximum atomic E-state index is 13.0. The molecule has 0 aliphatic rings. The van der Waals surface area contributed by atoms with Crippen LogP contribution in [0.2, 0.25) is 0 Å². The molecule has 0 saturated heterocycles. The van der Waals surface area contributed by atoms with Gasteiger partial charge < -0.3 is 0 Å². The number of rotatable bonds is 6. The summed E-state index contributed by atoms with van der Waals surface area (Å²) in [5.41, 5.74) is 2.01. The van der Waals surface area contributed by atoms with Gasteiger partial charge in [-0.2, -0.15) is 4.72 Å². The molecule has 3 rings (SSSR count). The van der Waals surface area contributed by atoms with Gasteiger partial charge in [0, 0.05) is 5.56 Å². The number of hydrogen-bond acceptors (Lipinski definition) is 3. The van der Waals surface area contributed by atoms with Crippen molar-refractivity contribution in [2.75, 3.05) is 0 Å². The van der Waals surface area contributed by atoms with E-state index in [1.807, 2.05) is 19.1 Å². The molecule has 4 nitrogen and oxygen atoms in total. The first-order valence-corrected chi connectivity index (χ1v) is 9.69. The lowest BCUT2D eigenvalue weighted by molar-refractivity contribution is 0.0953. The monoisotopic (exact) mass is 365 g/mol. The smallest absolute Gasteiger partial charge is 0.241 e. The van der Waals surface area contributed by atoms with Gasteiger partial charge in [0.1, 0.15) is 6.04 Å². The average Bonchev–Trinajstić information content (AvgIpc) is 2.67. The Labute approximate surface area is 153 Å². The lowest BCUT2D eigenvalue weighted by Gasteiger charge is -2.18. The molecule has 0 heterocycles. The average molecular weight is 365 g/mol. The Morgan fingerprint density at radius 1 is 0.808 bits per heavy atom. The second kappa shape index (κ2) is 7.64. The van der Waals surface area contributed by atoms with Crippen molar-refractivity contribution in [3.63, 3.8) is 0 Å². The van der Waals surface area contributed by atoms with E-state index in [1.54, 1.807) is 60.7 Å². The molecule has 0 radical (unpaired) electrons. The number of carbonyl (C=O) groups is 1. The van der Waals surface area contributed by atoms with Crippen molar-refractivity contribution in [1.29, 1.82) is 0 Å². The van der Waals surface area contributed by atoms with Gasteiger partial charge in [-0.05, 0) is 24.6 Å². The fourth-order valence-electron chi connectivity index (χ4n) is 2.63. The number of nitrogens with one attached hydrogen (secondary N) is 1. The van der Waals surface area contributed by atoms with Gasteiger partial charge in [0.15, 0.2) is 5.78 Å². The highest BCUT2D eigenvalue weighted by Crippen LogP contribution is 2.22.